The van der Waals surface area contributed by atoms with Crippen LogP contribution in [0.5, 0.6) is 11.5 Å². The fourth-order valence-corrected chi connectivity index (χ4v) is 3.73. The molecular weight excluding hydrogens is 335 g/mol. The van der Waals surface area contributed by atoms with Gasteiger partial charge < -0.3 is 15.0 Å². The first kappa shape index (κ1) is 17.7. The maximum absolute atomic E-state index is 12.0. The minimum atomic E-state index is -3.87. The molecule has 0 amide bonds. The number of aldehydes is 1. The molecule has 1 fully saturated rings. The van der Waals surface area contributed by atoms with Crippen LogP contribution in [-0.4, -0.2) is 88.9 Å². The number of rotatable bonds is 2. The summed E-state index contributed by atoms with van der Waals surface area (Å²) in [6.07, 6.45) is 0.501. The van der Waals surface area contributed by atoms with E-state index in [0.717, 1.165) is 4.31 Å². The van der Waals surface area contributed by atoms with Gasteiger partial charge >= 0.3 is 61.6 Å². The van der Waals surface area contributed by atoms with Gasteiger partial charge in [-0.25, -0.2) is 0 Å². The Morgan fingerprint density at radius 3 is 2.55 bits per heavy atom. The summed E-state index contributed by atoms with van der Waals surface area (Å²) in [5.74, 6) is -0.183. The first-order valence-electron chi connectivity index (χ1n) is 6.12. The van der Waals surface area contributed by atoms with E-state index in [2.05, 4.69) is 4.72 Å². The molecular formula is C13H13KN2O5S. The van der Waals surface area contributed by atoms with E-state index in [0.29, 0.717) is 17.1 Å². The molecule has 0 saturated carbocycles. The molecule has 3 N–H and O–H groups in total. The molecule has 2 aromatic rings. The number of aromatic hydroxyl groups is 2. The van der Waals surface area contributed by atoms with Crippen molar-refractivity contribution in [1.82, 2.24) is 4.72 Å². The van der Waals surface area contributed by atoms with Crippen molar-refractivity contribution in [2.45, 2.75) is 6.04 Å². The summed E-state index contributed by atoms with van der Waals surface area (Å²) in [7, 11) is -3.87. The summed E-state index contributed by atoms with van der Waals surface area (Å²) in [4.78, 5) is 10.8. The molecule has 0 aliphatic carbocycles. The summed E-state index contributed by atoms with van der Waals surface area (Å²) in [6.45, 7) is -0.0935. The second kappa shape index (κ2) is 6.44. The van der Waals surface area contributed by atoms with Crippen LogP contribution in [0.15, 0.2) is 30.3 Å². The monoisotopic (exact) mass is 348 g/mol. The van der Waals surface area contributed by atoms with Crippen LogP contribution in [0.1, 0.15) is 0 Å². The third kappa shape index (κ3) is 3.16. The Kier molecular flexibility index (Phi) is 5.17. The van der Waals surface area contributed by atoms with Crippen molar-refractivity contribution in [1.29, 1.82) is 0 Å². The molecule has 22 heavy (non-hydrogen) atoms. The SMILES string of the molecule is O=CC1CN(c2cc3cc(O)ccc3cc2O)S(=O)(=O)N1.[KH]. The van der Waals surface area contributed by atoms with E-state index in [1.54, 1.807) is 6.07 Å². The third-order valence-corrected chi connectivity index (χ3v) is 4.83. The van der Waals surface area contributed by atoms with E-state index in [4.69, 9.17) is 0 Å². The maximum atomic E-state index is 12.0. The van der Waals surface area contributed by atoms with Gasteiger partial charge in [-0.2, -0.15) is 13.1 Å². The van der Waals surface area contributed by atoms with Gasteiger partial charge in [0.2, 0.25) is 0 Å². The van der Waals surface area contributed by atoms with Gasteiger partial charge in [0.05, 0.1) is 18.3 Å². The number of nitrogens with zero attached hydrogens (tertiary/aromatic N) is 1. The molecule has 1 heterocycles. The van der Waals surface area contributed by atoms with Crippen molar-refractivity contribution in [3.05, 3.63) is 30.3 Å². The van der Waals surface area contributed by atoms with Gasteiger partial charge in [0, 0.05) is 0 Å². The standard InChI is InChI=1S/C13H12N2O5S.K.H/c16-7-10-6-15(21(19,20)14-10)12-4-9-3-11(17)2-1-8(9)5-13(12)18;;/h1-5,7,10,14,17-18H,6H2;;. The number of hydrogen-bond acceptors (Lipinski definition) is 5. The number of phenolic OH excluding ortho intramolecular Hbond substituents is 2. The molecule has 112 valence electrons. The second-order valence-electron chi connectivity index (χ2n) is 4.77. The number of carbonyl (C=O) groups excluding carboxylic acids is 1. The zero-order valence-corrected chi connectivity index (χ0v) is 11.5. The van der Waals surface area contributed by atoms with Crippen LogP contribution >= 0.6 is 0 Å². The van der Waals surface area contributed by atoms with E-state index < -0.39 is 16.3 Å². The first-order chi connectivity index (χ1) is 9.90. The number of anilines is 1. The van der Waals surface area contributed by atoms with Crippen LogP contribution < -0.4 is 9.03 Å². The number of phenols is 2. The Morgan fingerprint density at radius 1 is 1.18 bits per heavy atom. The number of fused-ring (bicyclic) bond motifs is 1. The molecule has 0 radical (unpaired) electrons. The predicted molar refractivity (Wildman–Crippen MR) is 83.7 cm³/mol. The van der Waals surface area contributed by atoms with Crippen LogP contribution in [0.25, 0.3) is 10.8 Å². The molecule has 1 aliphatic rings. The van der Waals surface area contributed by atoms with Crippen molar-refractivity contribution < 1.29 is 23.4 Å². The van der Waals surface area contributed by atoms with E-state index in [9.17, 15) is 23.4 Å². The molecule has 0 bridgehead atoms. The molecule has 0 spiro atoms. The van der Waals surface area contributed by atoms with Crippen LogP contribution in [-0.2, 0) is 15.0 Å². The summed E-state index contributed by atoms with van der Waals surface area (Å²) in [5, 5.41) is 20.8. The average molecular weight is 348 g/mol. The predicted octanol–water partition coefficient (Wildman–Crippen LogP) is -0.176. The van der Waals surface area contributed by atoms with E-state index in [-0.39, 0.29) is 75.1 Å². The molecule has 2 aromatic carbocycles. The Balaban J connectivity index is 0.00000176. The summed E-state index contributed by atoms with van der Waals surface area (Å²) < 4.78 is 27.1. The second-order valence-corrected chi connectivity index (χ2v) is 6.40. The van der Waals surface area contributed by atoms with Crippen molar-refractivity contribution >= 4 is 84.3 Å². The summed E-state index contributed by atoms with van der Waals surface area (Å²) in [5.41, 5.74) is 0.0601. The van der Waals surface area contributed by atoms with Crippen molar-refractivity contribution in [3.8, 4) is 11.5 Å². The van der Waals surface area contributed by atoms with Crippen molar-refractivity contribution in [3.63, 3.8) is 0 Å². The molecule has 1 unspecified atom stereocenters. The number of hydrogen-bond donors (Lipinski definition) is 3. The molecule has 1 aliphatic heterocycles. The summed E-state index contributed by atoms with van der Waals surface area (Å²) >= 11 is 0. The van der Waals surface area contributed by atoms with Gasteiger partial charge in [-0.05, 0) is 35.0 Å². The van der Waals surface area contributed by atoms with E-state index in [1.807, 2.05) is 0 Å². The van der Waals surface area contributed by atoms with Crippen molar-refractivity contribution in [2.24, 2.45) is 0 Å². The fourth-order valence-electron chi connectivity index (χ4n) is 2.33. The van der Waals surface area contributed by atoms with Crippen molar-refractivity contribution in [2.75, 3.05) is 10.8 Å². The zero-order valence-electron chi connectivity index (χ0n) is 10.7. The number of carbonyl (C=O) groups is 1. The van der Waals surface area contributed by atoms with Crippen LogP contribution in [0.4, 0.5) is 5.69 Å². The van der Waals surface area contributed by atoms with Gasteiger partial charge in [-0.1, -0.05) is 6.07 Å². The number of benzene rings is 2. The Morgan fingerprint density at radius 2 is 1.91 bits per heavy atom. The van der Waals surface area contributed by atoms with Gasteiger partial charge in [-0.3, -0.25) is 4.31 Å². The first-order valence-corrected chi connectivity index (χ1v) is 7.56. The number of nitrogens with one attached hydrogen (secondary N) is 1. The van der Waals surface area contributed by atoms with E-state index in [1.165, 1.54) is 24.3 Å². The fraction of sp³-hybridized carbons (Fsp3) is 0.154. The van der Waals surface area contributed by atoms with Gasteiger partial charge in [0.1, 0.15) is 17.8 Å². The third-order valence-electron chi connectivity index (χ3n) is 3.30. The molecule has 0 aromatic heterocycles. The summed E-state index contributed by atoms with van der Waals surface area (Å²) in [6, 6.07) is 6.56. The Hall–Kier alpha value is -0.684. The Labute approximate surface area is 169 Å². The van der Waals surface area contributed by atoms with E-state index >= 15 is 0 Å². The molecule has 9 heteroatoms. The van der Waals surface area contributed by atoms with Gasteiger partial charge in [0.15, 0.2) is 0 Å². The van der Waals surface area contributed by atoms with Crippen LogP contribution in [0.3, 0.4) is 0 Å². The van der Waals surface area contributed by atoms with Gasteiger partial charge in [0.25, 0.3) is 0 Å². The molecule has 1 saturated heterocycles. The zero-order chi connectivity index (χ0) is 15.2. The van der Waals surface area contributed by atoms with Gasteiger partial charge in [-0.15, -0.1) is 0 Å². The molecule has 1 atom stereocenters. The molecule has 7 nitrogen and oxygen atoms in total. The minimum absolute atomic E-state index is 0. The van der Waals surface area contributed by atoms with Crippen LogP contribution in [0.2, 0.25) is 0 Å². The Bertz CT molecular complexity index is 840. The molecule has 3 rings (SSSR count). The normalized spacial score (nSPS) is 19.8. The average Bonchev–Trinajstić information content (AvgIpc) is 2.73. The topological polar surface area (TPSA) is 107 Å². The van der Waals surface area contributed by atoms with Crippen LogP contribution in [0, 0.1) is 0 Å². The quantitative estimate of drug-likeness (QED) is 0.516.